The summed E-state index contributed by atoms with van der Waals surface area (Å²) in [5, 5.41) is 44.1. The van der Waals surface area contributed by atoms with Gasteiger partial charge in [0, 0.05) is 12.5 Å². The van der Waals surface area contributed by atoms with E-state index in [1.165, 1.54) is 6.34 Å². The number of nitrogens with zero attached hydrogens (tertiary/aromatic N) is 7. The average molecular weight is 557 g/mol. The molecule has 0 aromatic carbocycles. The highest BCUT2D eigenvalue weighted by Gasteiger charge is 2.36. The zero-order valence-electron chi connectivity index (χ0n) is 21.5. The standard InChI is InChI=1S/C13H16N6O2.C11H16N4O4/c14-13-17-11(16-7-1-2-7)10-12(18-13)19(6-15-10)9-4-3-8(5-20)21-9;16-3-8-6(17)1-9(19-8)15-5-14-10-7(18)2-12-4-13-11(10)15/h3-4,6-9,20H,1-2,5H2,(H3,14,16,17,18);4-9,16-18H,1-3H2,(H,12,13)/t8-,9+;6-,7+,8+,9+/m00/s1. The maximum atomic E-state index is 9.89. The molecule has 3 aliphatic heterocycles. The SMILES string of the molecule is Nc1nc(NC2CC2)c2ncn([C@H]3C=C[C@@H](CO)O3)c2n1.OC[C@H]1O[C@@H](n2cnc3c2NC=NC[C@H]3O)C[C@@H]1O. The highest BCUT2D eigenvalue weighted by molar-refractivity contribution is 5.84. The van der Waals surface area contributed by atoms with Crippen LogP contribution in [0.3, 0.4) is 0 Å². The lowest BCUT2D eigenvalue weighted by molar-refractivity contribution is -0.0437. The molecule has 7 rings (SSSR count). The molecule has 16 nitrogen and oxygen atoms in total. The Balaban J connectivity index is 0.000000145. The van der Waals surface area contributed by atoms with Crippen molar-refractivity contribution in [3.63, 3.8) is 0 Å². The van der Waals surface area contributed by atoms with Crippen LogP contribution in [0.1, 0.15) is 43.5 Å². The number of nitrogens with one attached hydrogen (secondary N) is 2. The molecule has 1 aliphatic carbocycles. The van der Waals surface area contributed by atoms with Crippen LogP contribution >= 0.6 is 0 Å². The number of rotatable bonds is 6. The van der Waals surface area contributed by atoms with Crippen LogP contribution in [0.15, 0.2) is 29.8 Å². The highest BCUT2D eigenvalue weighted by Crippen LogP contribution is 2.34. The molecule has 0 unspecified atom stereocenters. The van der Waals surface area contributed by atoms with Gasteiger partial charge in [0.1, 0.15) is 36.1 Å². The number of fused-ring (bicyclic) bond motifs is 2. The lowest BCUT2D eigenvalue weighted by atomic mass is 10.2. The summed E-state index contributed by atoms with van der Waals surface area (Å²) in [5.74, 6) is 1.47. The number of aromatic nitrogens is 6. The van der Waals surface area contributed by atoms with Crippen molar-refractivity contribution in [3.05, 3.63) is 30.5 Å². The van der Waals surface area contributed by atoms with Gasteiger partial charge in [-0.2, -0.15) is 9.97 Å². The van der Waals surface area contributed by atoms with Crippen LogP contribution in [0.4, 0.5) is 17.6 Å². The topological polar surface area (TPSA) is 223 Å². The van der Waals surface area contributed by atoms with Gasteiger partial charge in [0.25, 0.3) is 0 Å². The molecule has 16 heteroatoms. The van der Waals surface area contributed by atoms with Gasteiger partial charge in [-0.15, -0.1) is 0 Å². The number of aliphatic hydroxyl groups is 4. The molecule has 0 spiro atoms. The molecule has 214 valence electrons. The minimum absolute atomic E-state index is 0.0504. The number of aliphatic imine (C=N–C) groups is 1. The van der Waals surface area contributed by atoms with Crippen molar-refractivity contribution in [2.45, 2.75) is 62.2 Å². The predicted molar refractivity (Wildman–Crippen MR) is 142 cm³/mol. The van der Waals surface area contributed by atoms with E-state index < -0.39 is 24.5 Å². The summed E-state index contributed by atoms with van der Waals surface area (Å²) in [6.07, 6.45) is 7.93. The molecule has 6 atom stereocenters. The predicted octanol–water partition coefficient (Wildman–Crippen LogP) is -0.560. The average Bonchev–Trinajstić information content (AvgIpc) is 3.28. The highest BCUT2D eigenvalue weighted by atomic mass is 16.5. The van der Waals surface area contributed by atoms with E-state index >= 15 is 0 Å². The first-order valence-electron chi connectivity index (χ1n) is 13.1. The fourth-order valence-electron chi connectivity index (χ4n) is 4.77. The summed E-state index contributed by atoms with van der Waals surface area (Å²) < 4.78 is 14.7. The molecule has 8 N–H and O–H groups in total. The van der Waals surface area contributed by atoms with Crippen molar-refractivity contribution < 1.29 is 29.9 Å². The van der Waals surface area contributed by atoms with Gasteiger partial charge in [-0.1, -0.05) is 6.08 Å². The smallest absolute Gasteiger partial charge is 0.224 e. The molecule has 40 heavy (non-hydrogen) atoms. The van der Waals surface area contributed by atoms with Gasteiger partial charge in [0.2, 0.25) is 5.95 Å². The van der Waals surface area contributed by atoms with E-state index in [1.54, 1.807) is 21.8 Å². The molecular formula is C24H32N10O6. The van der Waals surface area contributed by atoms with E-state index in [2.05, 4.69) is 35.6 Å². The Morgan fingerprint density at radius 3 is 2.60 bits per heavy atom. The van der Waals surface area contributed by atoms with Crippen LogP contribution in [-0.4, -0.2) is 99.9 Å². The van der Waals surface area contributed by atoms with Crippen LogP contribution in [0.5, 0.6) is 0 Å². The number of anilines is 3. The number of hydrogen-bond donors (Lipinski definition) is 7. The van der Waals surface area contributed by atoms with E-state index in [-0.39, 0.29) is 38.0 Å². The Morgan fingerprint density at radius 2 is 1.88 bits per heavy atom. The Bertz CT molecular complexity index is 1400. The number of nitrogen functional groups attached to an aromatic ring is 1. The molecule has 4 aliphatic rings. The van der Waals surface area contributed by atoms with Gasteiger partial charge >= 0.3 is 0 Å². The van der Waals surface area contributed by atoms with Gasteiger partial charge in [-0.3, -0.25) is 14.1 Å². The van der Waals surface area contributed by atoms with Crippen molar-refractivity contribution in [3.8, 4) is 0 Å². The van der Waals surface area contributed by atoms with Crippen molar-refractivity contribution in [1.29, 1.82) is 0 Å². The van der Waals surface area contributed by atoms with Crippen LogP contribution in [0, 0.1) is 0 Å². The number of imidazole rings is 2. The number of ether oxygens (including phenoxy) is 2. The zero-order valence-corrected chi connectivity index (χ0v) is 21.5. The molecule has 3 aromatic rings. The largest absolute Gasteiger partial charge is 0.394 e. The Hall–Kier alpha value is -3.67. The van der Waals surface area contributed by atoms with Crippen molar-refractivity contribution in [2.24, 2.45) is 4.99 Å². The minimum atomic E-state index is -0.762. The first kappa shape index (κ1) is 26.5. The second-order valence-electron chi connectivity index (χ2n) is 9.96. The molecule has 0 amide bonds. The second-order valence-corrected chi connectivity index (χ2v) is 9.96. The maximum Gasteiger partial charge on any atom is 0.224 e. The third-order valence-corrected chi connectivity index (χ3v) is 7.02. The minimum Gasteiger partial charge on any atom is -0.394 e. The molecule has 1 saturated carbocycles. The molecule has 3 aromatic heterocycles. The lowest BCUT2D eigenvalue weighted by Crippen LogP contribution is -2.24. The normalized spacial score (nSPS) is 29.1. The maximum absolute atomic E-state index is 9.89. The van der Waals surface area contributed by atoms with Gasteiger partial charge in [-0.25, -0.2) is 9.97 Å². The summed E-state index contributed by atoms with van der Waals surface area (Å²) in [4.78, 5) is 21.0. The summed E-state index contributed by atoms with van der Waals surface area (Å²) in [6.45, 7) is -0.0261. The summed E-state index contributed by atoms with van der Waals surface area (Å²) in [7, 11) is 0. The van der Waals surface area contributed by atoms with Crippen LogP contribution in [0.25, 0.3) is 11.2 Å². The quantitative estimate of drug-likeness (QED) is 0.189. The van der Waals surface area contributed by atoms with E-state index in [0.29, 0.717) is 41.0 Å². The van der Waals surface area contributed by atoms with Crippen molar-refractivity contribution in [2.75, 3.05) is 36.1 Å². The van der Waals surface area contributed by atoms with Gasteiger partial charge in [-0.05, 0) is 18.9 Å². The third kappa shape index (κ3) is 5.24. The number of nitrogens with two attached hydrogens (primary N) is 1. The first-order valence-corrected chi connectivity index (χ1v) is 13.1. The Kier molecular flexibility index (Phi) is 7.35. The van der Waals surface area contributed by atoms with E-state index in [1.807, 2.05) is 12.2 Å². The van der Waals surface area contributed by atoms with Gasteiger partial charge in [0.15, 0.2) is 23.2 Å². The van der Waals surface area contributed by atoms with Gasteiger partial charge < -0.3 is 46.3 Å². The second kappa shape index (κ2) is 11.1. The third-order valence-electron chi connectivity index (χ3n) is 7.02. The summed E-state index contributed by atoms with van der Waals surface area (Å²) in [6, 6.07) is 0.453. The molecule has 0 radical (unpaired) electrons. The molecule has 2 fully saturated rings. The molecule has 6 heterocycles. The van der Waals surface area contributed by atoms with E-state index in [0.717, 1.165) is 12.8 Å². The molecular weight excluding hydrogens is 524 g/mol. The number of aliphatic hydroxyl groups excluding tert-OH is 4. The summed E-state index contributed by atoms with van der Waals surface area (Å²) in [5.41, 5.74) is 7.61. The van der Waals surface area contributed by atoms with Crippen LogP contribution in [-0.2, 0) is 9.47 Å². The van der Waals surface area contributed by atoms with E-state index in [4.69, 9.17) is 25.4 Å². The van der Waals surface area contributed by atoms with Crippen molar-refractivity contribution in [1.82, 2.24) is 29.1 Å². The monoisotopic (exact) mass is 556 g/mol. The van der Waals surface area contributed by atoms with Gasteiger partial charge in [0.05, 0.1) is 44.9 Å². The van der Waals surface area contributed by atoms with Crippen molar-refractivity contribution >= 4 is 35.1 Å². The Morgan fingerprint density at radius 1 is 1.05 bits per heavy atom. The number of hydrogen-bond acceptors (Lipinski definition) is 14. The first-order chi connectivity index (χ1) is 19.4. The van der Waals surface area contributed by atoms with Crippen LogP contribution in [0.2, 0.25) is 0 Å². The summed E-state index contributed by atoms with van der Waals surface area (Å²) >= 11 is 0. The molecule has 0 bridgehead atoms. The fourth-order valence-corrected chi connectivity index (χ4v) is 4.77. The van der Waals surface area contributed by atoms with E-state index in [9.17, 15) is 10.2 Å². The fraction of sp³-hybridized carbons (Fsp3) is 0.542. The molecule has 1 saturated heterocycles. The zero-order chi connectivity index (χ0) is 27.8. The van der Waals surface area contributed by atoms with Crippen LogP contribution < -0.4 is 16.4 Å². The Labute approximate surface area is 228 Å². The lowest BCUT2D eigenvalue weighted by Gasteiger charge is -2.16.